The smallest absolute Gasteiger partial charge is 0.260 e. The normalized spacial score (nSPS) is 13.5. The maximum atomic E-state index is 11.6. The number of hydrogen-bond acceptors (Lipinski definition) is 4. The van der Waals surface area contributed by atoms with Gasteiger partial charge in [-0.15, -0.1) is 0 Å². The summed E-state index contributed by atoms with van der Waals surface area (Å²) in [6.45, 7) is 6.03. The van der Waals surface area contributed by atoms with Crippen LogP contribution in [0.1, 0.15) is 32.4 Å². The van der Waals surface area contributed by atoms with Crippen LogP contribution in [0.4, 0.5) is 0 Å². The van der Waals surface area contributed by atoms with E-state index in [4.69, 9.17) is 15.2 Å². The van der Waals surface area contributed by atoms with Gasteiger partial charge >= 0.3 is 0 Å². The van der Waals surface area contributed by atoms with E-state index in [0.717, 1.165) is 5.56 Å². The minimum absolute atomic E-state index is 0.0798. The second-order valence-corrected chi connectivity index (χ2v) is 4.35. The van der Waals surface area contributed by atoms with Crippen LogP contribution in [0.3, 0.4) is 0 Å². The Morgan fingerprint density at radius 1 is 1.37 bits per heavy atom. The van der Waals surface area contributed by atoms with Crippen LogP contribution in [-0.2, 0) is 4.79 Å². The van der Waals surface area contributed by atoms with E-state index in [1.807, 2.05) is 26.0 Å². The van der Waals surface area contributed by atoms with Gasteiger partial charge in [0.1, 0.15) is 0 Å². The zero-order chi connectivity index (χ0) is 14.4. The molecule has 2 atom stereocenters. The summed E-state index contributed by atoms with van der Waals surface area (Å²) in [5.41, 5.74) is 6.77. The number of ether oxygens (including phenoxy) is 2. The van der Waals surface area contributed by atoms with Crippen molar-refractivity contribution in [2.24, 2.45) is 5.73 Å². The second kappa shape index (κ2) is 6.99. The van der Waals surface area contributed by atoms with Crippen molar-refractivity contribution in [2.75, 3.05) is 13.7 Å². The number of carbonyl (C=O) groups is 1. The molecule has 0 bridgehead atoms. The third-order valence-electron chi connectivity index (χ3n) is 2.74. The molecule has 0 aliphatic heterocycles. The Morgan fingerprint density at radius 2 is 2.05 bits per heavy atom. The van der Waals surface area contributed by atoms with Crippen molar-refractivity contribution in [3.05, 3.63) is 23.8 Å². The second-order valence-electron chi connectivity index (χ2n) is 4.35. The van der Waals surface area contributed by atoms with Crippen molar-refractivity contribution < 1.29 is 14.3 Å². The lowest BCUT2D eigenvalue weighted by atomic mass is 10.1. The molecule has 5 nitrogen and oxygen atoms in total. The maximum absolute atomic E-state index is 11.6. The minimum Gasteiger partial charge on any atom is -0.493 e. The number of amides is 1. The maximum Gasteiger partial charge on any atom is 0.260 e. The molecule has 0 saturated carbocycles. The predicted molar refractivity (Wildman–Crippen MR) is 74.4 cm³/mol. The van der Waals surface area contributed by atoms with Crippen molar-refractivity contribution in [1.82, 2.24) is 5.32 Å². The molecule has 0 aliphatic carbocycles. The van der Waals surface area contributed by atoms with Crippen molar-refractivity contribution in [3.63, 3.8) is 0 Å². The van der Waals surface area contributed by atoms with E-state index < -0.39 is 6.10 Å². The van der Waals surface area contributed by atoms with Crippen molar-refractivity contribution >= 4 is 5.91 Å². The number of methoxy groups -OCH3 is 1. The standard InChI is InChI=1S/C14H22N2O3/c1-5-16-14(17)10(3)19-12-7-6-11(9(2)15)8-13(12)18-4/h6-10H,5,15H2,1-4H3,(H,16,17)/t9-,10?/m1/s1. The van der Waals surface area contributed by atoms with Crippen molar-refractivity contribution in [1.29, 1.82) is 0 Å². The largest absolute Gasteiger partial charge is 0.493 e. The van der Waals surface area contributed by atoms with Crippen LogP contribution in [-0.4, -0.2) is 25.7 Å². The van der Waals surface area contributed by atoms with E-state index in [9.17, 15) is 4.79 Å². The van der Waals surface area contributed by atoms with Gasteiger partial charge in [-0.1, -0.05) is 6.07 Å². The van der Waals surface area contributed by atoms with Gasteiger partial charge < -0.3 is 20.5 Å². The number of likely N-dealkylation sites (N-methyl/N-ethyl adjacent to an activating group) is 1. The molecule has 0 radical (unpaired) electrons. The topological polar surface area (TPSA) is 73.6 Å². The first kappa shape index (κ1) is 15.3. The first-order valence-electron chi connectivity index (χ1n) is 6.37. The van der Waals surface area contributed by atoms with Gasteiger partial charge in [0.25, 0.3) is 5.91 Å². The van der Waals surface area contributed by atoms with Gasteiger partial charge in [0.2, 0.25) is 0 Å². The number of nitrogens with two attached hydrogens (primary N) is 1. The molecule has 5 heteroatoms. The lowest BCUT2D eigenvalue weighted by Crippen LogP contribution is -2.36. The van der Waals surface area contributed by atoms with Gasteiger partial charge in [-0.05, 0) is 38.5 Å². The Kier molecular flexibility index (Phi) is 5.63. The Bertz CT molecular complexity index is 433. The Hall–Kier alpha value is -1.75. The van der Waals surface area contributed by atoms with Gasteiger partial charge in [-0.25, -0.2) is 0 Å². The van der Waals surface area contributed by atoms with Gasteiger partial charge in [-0.3, -0.25) is 4.79 Å². The molecule has 0 saturated heterocycles. The Morgan fingerprint density at radius 3 is 2.58 bits per heavy atom. The van der Waals surface area contributed by atoms with Gasteiger partial charge in [0.15, 0.2) is 17.6 Å². The number of nitrogens with one attached hydrogen (secondary N) is 1. The number of benzene rings is 1. The molecule has 0 fully saturated rings. The lowest BCUT2D eigenvalue weighted by molar-refractivity contribution is -0.127. The fourth-order valence-electron chi connectivity index (χ4n) is 1.63. The summed E-state index contributed by atoms with van der Waals surface area (Å²) in [7, 11) is 1.56. The van der Waals surface area contributed by atoms with Crippen LogP contribution < -0.4 is 20.5 Å². The molecule has 1 amide bonds. The summed E-state index contributed by atoms with van der Waals surface area (Å²) in [5, 5.41) is 2.71. The van der Waals surface area contributed by atoms with E-state index in [1.54, 1.807) is 20.1 Å². The third-order valence-corrected chi connectivity index (χ3v) is 2.74. The molecule has 0 heterocycles. The molecular weight excluding hydrogens is 244 g/mol. The van der Waals surface area contributed by atoms with Crippen LogP contribution in [0, 0.1) is 0 Å². The molecule has 1 rings (SSSR count). The molecule has 1 unspecified atom stereocenters. The summed E-state index contributed by atoms with van der Waals surface area (Å²) in [4.78, 5) is 11.6. The average molecular weight is 266 g/mol. The molecule has 1 aromatic rings. The SMILES string of the molecule is CCNC(=O)C(C)Oc1ccc([C@@H](C)N)cc1OC. The molecule has 3 N–H and O–H groups in total. The monoisotopic (exact) mass is 266 g/mol. The summed E-state index contributed by atoms with van der Waals surface area (Å²) in [6.07, 6.45) is -0.574. The minimum atomic E-state index is -0.574. The van der Waals surface area contributed by atoms with Crippen molar-refractivity contribution in [2.45, 2.75) is 32.9 Å². The molecule has 0 aromatic heterocycles. The molecule has 0 spiro atoms. The van der Waals surface area contributed by atoms with Gasteiger partial charge in [0.05, 0.1) is 7.11 Å². The van der Waals surface area contributed by atoms with E-state index >= 15 is 0 Å². The van der Waals surface area contributed by atoms with Crippen LogP contribution in [0.25, 0.3) is 0 Å². The summed E-state index contributed by atoms with van der Waals surface area (Å²) < 4.78 is 10.9. The zero-order valence-electron chi connectivity index (χ0n) is 11.9. The fourth-order valence-corrected chi connectivity index (χ4v) is 1.63. The molecule has 0 aliphatic rings. The lowest BCUT2D eigenvalue weighted by Gasteiger charge is -2.17. The molecule has 106 valence electrons. The highest BCUT2D eigenvalue weighted by Crippen LogP contribution is 2.30. The number of hydrogen-bond donors (Lipinski definition) is 2. The predicted octanol–water partition coefficient (Wildman–Crippen LogP) is 1.62. The summed E-state index contributed by atoms with van der Waals surface area (Å²) in [5.74, 6) is 0.956. The number of rotatable bonds is 6. The van der Waals surface area contributed by atoms with E-state index in [1.165, 1.54) is 0 Å². The van der Waals surface area contributed by atoms with E-state index in [-0.39, 0.29) is 11.9 Å². The quantitative estimate of drug-likeness (QED) is 0.820. The van der Waals surface area contributed by atoms with Crippen LogP contribution in [0.2, 0.25) is 0 Å². The molecule has 1 aromatic carbocycles. The highest BCUT2D eigenvalue weighted by Gasteiger charge is 2.16. The van der Waals surface area contributed by atoms with Gasteiger partial charge in [-0.2, -0.15) is 0 Å². The van der Waals surface area contributed by atoms with Crippen LogP contribution in [0.5, 0.6) is 11.5 Å². The third kappa shape index (κ3) is 4.13. The van der Waals surface area contributed by atoms with Gasteiger partial charge in [0, 0.05) is 12.6 Å². The van der Waals surface area contributed by atoms with Crippen LogP contribution >= 0.6 is 0 Å². The Balaban J connectivity index is 2.86. The van der Waals surface area contributed by atoms with E-state index in [2.05, 4.69) is 5.32 Å². The summed E-state index contributed by atoms with van der Waals surface area (Å²) >= 11 is 0. The summed E-state index contributed by atoms with van der Waals surface area (Å²) in [6, 6.07) is 5.38. The first-order chi connectivity index (χ1) is 8.99. The van der Waals surface area contributed by atoms with Crippen molar-refractivity contribution in [3.8, 4) is 11.5 Å². The average Bonchev–Trinajstić information content (AvgIpc) is 2.39. The van der Waals surface area contributed by atoms with Crippen LogP contribution in [0.15, 0.2) is 18.2 Å². The zero-order valence-corrected chi connectivity index (χ0v) is 11.9. The Labute approximate surface area is 114 Å². The van der Waals surface area contributed by atoms with E-state index in [0.29, 0.717) is 18.0 Å². The first-order valence-corrected chi connectivity index (χ1v) is 6.37. The number of carbonyl (C=O) groups excluding carboxylic acids is 1. The highest BCUT2D eigenvalue weighted by molar-refractivity contribution is 5.80. The highest BCUT2D eigenvalue weighted by atomic mass is 16.5. The molecular formula is C14H22N2O3. The fraction of sp³-hybridized carbons (Fsp3) is 0.500. The molecule has 19 heavy (non-hydrogen) atoms.